The standard InChI is InChI=1S/C10H9BrF2O2/c11-6-1-2-7(8(5-6)9(12)13)10-14-3-4-15-10/h1-2,5,9-10H,3-4H2. The highest BCUT2D eigenvalue weighted by molar-refractivity contribution is 9.10. The van der Waals surface area contributed by atoms with Crippen LogP contribution >= 0.6 is 15.9 Å². The van der Waals surface area contributed by atoms with Crippen LogP contribution in [0.3, 0.4) is 0 Å². The summed E-state index contributed by atoms with van der Waals surface area (Å²) in [6.07, 6.45) is -3.17. The lowest BCUT2D eigenvalue weighted by molar-refractivity contribution is -0.0465. The topological polar surface area (TPSA) is 18.5 Å². The first kappa shape index (κ1) is 11.0. The average molecular weight is 279 g/mol. The lowest BCUT2D eigenvalue weighted by Crippen LogP contribution is -2.03. The molecule has 1 aliphatic rings. The van der Waals surface area contributed by atoms with Crippen LogP contribution in [0.4, 0.5) is 8.78 Å². The first-order valence-corrected chi connectivity index (χ1v) is 5.28. The highest BCUT2D eigenvalue weighted by Crippen LogP contribution is 2.33. The van der Waals surface area contributed by atoms with Gasteiger partial charge in [-0.15, -0.1) is 0 Å². The van der Waals surface area contributed by atoms with E-state index in [1.165, 1.54) is 6.07 Å². The first-order chi connectivity index (χ1) is 7.18. The SMILES string of the molecule is FC(F)c1cc(Br)ccc1C1OCCO1. The lowest BCUT2D eigenvalue weighted by atomic mass is 10.1. The predicted octanol–water partition coefficient (Wildman–Crippen LogP) is 3.43. The minimum absolute atomic E-state index is 0.0451. The summed E-state index contributed by atoms with van der Waals surface area (Å²) in [6.45, 7) is 0.896. The van der Waals surface area contributed by atoms with E-state index in [-0.39, 0.29) is 5.56 Å². The molecule has 5 heteroatoms. The van der Waals surface area contributed by atoms with Gasteiger partial charge in [0.15, 0.2) is 6.29 Å². The van der Waals surface area contributed by atoms with Gasteiger partial charge in [0.25, 0.3) is 6.43 Å². The van der Waals surface area contributed by atoms with Crippen molar-refractivity contribution in [2.45, 2.75) is 12.7 Å². The second-order valence-corrected chi connectivity index (χ2v) is 4.06. The van der Waals surface area contributed by atoms with Crippen LogP contribution in [-0.4, -0.2) is 13.2 Å². The molecule has 0 unspecified atom stereocenters. The van der Waals surface area contributed by atoms with Gasteiger partial charge in [-0.3, -0.25) is 0 Å². The summed E-state index contributed by atoms with van der Waals surface area (Å²) >= 11 is 3.16. The number of hydrogen-bond acceptors (Lipinski definition) is 2. The Morgan fingerprint density at radius 2 is 1.93 bits per heavy atom. The highest BCUT2D eigenvalue weighted by Gasteiger charge is 2.24. The number of hydrogen-bond donors (Lipinski definition) is 0. The Morgan fingerprint density at radius 1 is 1.27 bits per heavy atom. The molecule has 82 valence electrons. The van der Waals surface area contributed by atoms with Crippen molar-refractivity contribution in [3.8, 4) is 0 Å². The van der Waals surface area contributed by atoms with Gasteiger partial charge >= 0.3 is 0 Å². The van der Waals surface area contributed by atoms with Crippen LogP contribution in [0.2, 0.25) is 0 Å². The molecule has 0 N–H and O–H groups in total. The molecular weight excluding hydrogens is 270 g/mol. The molecule has 0 aliphatic carbocycles. The van der Waals surface area contributed by atoms with Crippen molar-refractivity contribution in [3.63, 3.8) is 0 Å². The molecule has 0 radical (unpaired) electrons. The summed E-state index contributed by atoms with van der Waals surface area (Å²) in [6, 6.07) is 4.69. The van der Waals surface area contributed by atoms with Crippen LogP contribution in [-0.2, 0) is 9.47 Å². The van der Waals surface area contributed by atoms with Crippen molar-refractivity contribution < 1.29 is 18.3 Å². The fraction of sp³-hybridized carbons (Fsp3) is 0.400. The van der Waals surface area contributed by atoms with Gasteiger partial charge in [-0.05, 0) is 12.1 Å². The van der Waals surface area contributed by atoms with Crippen LogP contribution in [0.15, 0.2) is 22.7 Å². The molecule has 0 aromatic heterocycles. The Bertz CT molecular complexity index is 351. The molecule has 1 saturated heterocycles. The Hall–Kier alpha value is -0.520. The van der Waals surface area contributed by atoms with Crippen molar-refractivity contribution in [2.24, 2.45) is 0 Å². The molecular formula is C10H9BrF2O2. The molecule has 0 bridgehead atoms. The molecule has 1 aromatic carbocycles. The normalized spacial score (nSPS) is 17.6. The van der Waals surface area contributed by atoms with Crippen LogP contribution in [0.5, 0.6) is 0 Å². The van der Waals surface area contributed by atoms with Crippen molar-refractivity contribution in [2.75, 3.05) is 13.2 Å². The summed E-state index contributed by atoms with van der Waals surface area (Å²) in [5, 5.41) is 0. The molecule has 2 rings (SSSR count). The third kappa shape index (κ3) is 2.35. The maximum atomic E-state index is 12.7. The van der Waals surface area contributed by atoms with Gasteiger partial charge in [-0.2, -0.15) is 0 Å². The molecule has 0 saturated carbocycles. The van der Waals surface area contributed by atoms with E-state index in [2.05, 4.69) is 15.9 Å². The van der Waals surface area contributed by atoms with Crippen molar-refractivity contribution in [1.82, 2.24) is 0 Å². The first-order valence-electron chi connectivity index (χ1n) is 4.49. The molecule has 1 heterocycles. The average Bonchev–Trinajstić information content (AvgIpc) is 2.70. The number of halogens is 3. The van der Waals surface area contributed by atoms with E-state index < -0.39 is 12.7 Å². The van der Waals surface area contributed by atoms with Gasteiger partial charge in [0, 0.05) is 15.6 Å². The van der Waals surface area contributed by atoms with E-state index in [0.717, 1.165) is 0 Å². The Labute approximate surface area is 94.3 Å². The molecule has 2 nitrogen and oxygen atoms in total. The second-order valence-electron chi connectivity index (χ2n) is 3.15. The number of rotatable bonds is 2. The maximum absolute atomic E-state index is 12.7. The van der Waals surface area contributed by atoms with Gasteiger partial charge in [0.1, 0.15) is 0 Å². The van der Waals surface area contributed by atoms with Crippen LogP contribution in [0.1, 0.15) is 23.8 Å². The monoisotopic (exact) mass is 278 g/mol. The van der Waals surface area contributed by atoms with Gasteiger partial charge < -0.3 is 9.47 Å². The van der Waals surface area contributed by atoms with Crippen LogP contribution in [0.25, 0.3) is 0 Å². The van der Waals surface area contributed by atoms with Crippen molar-refractivity contribution in [3.05, 3.63) is 33.8 Å². The Kier molecular flexibility index (Phi) is 3.33. The minimum Gasteiger partial charge on any atom is -0.346 e. The predicted molar refractivity (Wildman–Crippen MR) is 53.7 cm³/mol. The van der Waals surface area contributed by atoms with Crippen LogP contribution < -0.4 is 0 Å². The van der Waals surface area contributed by atoms with E-state index in [1.807, 2.05) is 0 Å². The lowest BCUT2D eigenvalue weighted by Gasteiger charge is -2.14. The summed E-state index contributed by atoms with van der Waals surface area (Å²) in [7, 11) is 0. The van der Waals surface area contributed by atoms with Crippen LogP contribution in [0, 0.1) is 0 Å². The van der Waals surface area contributed by atoms with Gasteiger partial charge in [-0.25, -0.2) is 8.78 Å². The third-order valence-corrected chi connectivity index (χ3v) is 2.65. The van der Waals surface area contributed by atoms with E-state index in [4.69, 9.17) is 9.47 Å². The molecule has 0 atom stereocenters. The number of ether oxygens (including phenoxy) is 2. The van der Waals surface area contributed by atoms with E-state index in [1.54, 1.807) is 12.1 Å². The van der Waals surface area contributed by atoms with Gasteiger partial charge in [-0.1, -0.05) is 22.0 Å². The minimum atomic E-state index is -2.52. The van der Waals surface area contributed by atoms with E-state index in [9.17, 15) is 8.78 Å². The van der Waals surface area contributed by atoms with Gasteiger partial charge in [0.2, 0.25) is 0 Å². The van der Waals surface area contributed by atoms with Crippen molar-refractivity contribution >= 4 is 15.9 Å². The Balaban J connectivity index is 2.36. The zero-order valence-electron chi connectivity index (χ0n) is 7.75. The van der Waals surface area contributed by atoms with Crippen molar-refractivity contribution in [1.29, 1.82) is 0 Å². The molecule has 0 spiro atoms. The zero-order valence-corrected chi connectivity index (χ0v) is 9.34. The summed E-state index contributed by atoms with van der Waals surface area (Å²) in [5.41, 5.74) is 0.363. The second kappa shape index (κ2) is 4.55. The van der Waals surface area contributed by atoms with Gasteiger partial charge in [0.05, 0.1) is 13.2 Å². The molecule has 1 aromatic rings. The molecule has 15 heavy (non-hydrogen) atoms. The summed E-state index contributed by atoms with van der Waals surface area (Å²) in [5.74, 6) is 0. The highest BCUT2D eigenvalue weighted by atomic mass is 79.9. The fourth-order valence-corrected chi connectivity index (χ4v) is 1.87. The molecule has 0 amide bonds. The number of benzene rings is 1. The van der Waals surface area contributed by atoms with E-state index >= 15 is 0 Å². The molecule has 1 fully saturated rings. The maximum Gasteiger partial charge on any atom is 0.264 e. The summed E-state index contributed by atoms with van der Waals surface area (Å²) < 4.78 is 36.5. The Morgan fingerprint density at radius 3 is 2.53 bits per heavy atom. The third-order valence-electron chi connectivity index (χ3n) is 2.16. The quantitative estimate of drug-likeness (QED) is 0.825. The largest absolute Gasteiger partial charge is 0.346 e. The number of alkyl halides is 2. The van der Waals surface area contributed by atoms with E-state index in [0.29, 0.717) is 23.2 Å². The summed E-state index contributed by atoms with van der Waals surface area (Å²) in [4.78, 5) is 0. The zero-order chi connectivity index (χ0) is 10.8. The fourth-order valence-electron chi connectivity index (χ4n) is 1.49. The smallest absolute Gasteiger partial charge is 0.264 e. The molecule has 1 aliphatic heterocycles.